The summed E-state index contributed by atoms with van der Waals surface area (Å²) >= 11 is 0. The second kappa shape index (κ2) is 12.8. The van der Waals surface area contributed by atoms with Crippen molar-refractivity contribution in [3.05, 3.63) is 71.4 Å². The minimum absolute atomic E-state index is 0.209. The molecule has 0 radical (unpaired) electrons. The van der Waals surface area contributed by atoms with Crippen molar-refractivity contribution in [2.45, 2.75) is 38.9 Å². The quantitative estimate of drug-likeness (QED) is 0.287. The van der Waals surface area contributed by atoms with Gasteiger partial charge in [0.05, 0.1) is 29.6 Å². The van der Waals surface area contributed by atoms with Crippen LogP contribution >= 0.6 is 0 Å². The molecule has 4 rings (SSSR count). The molecule has 1 aromatic carbocycles. The molecular weight excluding hydrogens is 549 g/mol. The van der Waals surface area contributed by atoms with Crippen molar-refractivity contribution < 1.29 is 27.5 Å². The Morgan fingerprint density at radius 1 is 1.26 bits per heavy atom. The standard InChI is InChI=1S/C30H29F3N6O3/c1-5-7-26(40)38-15-6-8-24(38)28-37-27(19(2)39(28)23(17-34-3)18-42-4)20-9-11-21(12-10-20)29(41)36-25-16-22(13-14-35-25)30(31,32)33/h9-14,16-17,24H,3,6,8,15,18H2,1-2,4H3,(H,35,36,41)/b23-17-/t24-/m0/s1. The van der Waals surface area contributed by atoms with E-state index in [1.807, 2.05) is 11.5 Å². The molecule has 1 aliphatic heterocycles. The Balaban J connectivity index is 1.69. The Morgan fingerprint density at radius 2 is 2.00 bits per heavy atom. The Labute approximate surface area is 241 Å². The summed E-state index contributed by atoms with van der Waals surface area (Å²) in [7, 11) is 1.56. The van der Waals surface area contributed by atoms with Crippen LogP contribution in [-0.2, 0) is 15.7 Å². The van der Waals surface area contributed by atoms with Gasteiger partial charge in [0, 0.05) is 42.9 Å². The number of methoxy groups -OCH3 is 1. The second-order valence-corrected chi connectivity index (χ2v) is 9.47. The molecule has 2 amide bonds. The van der Waals surface area contributed by atoms with E-state index in [4.69, 9.17) is 9.72 Å². The van der Waals surface area contributed by atoms with Crippen molar-refractivity contribution in [3.63, 3.8) is 0 Å². The summed E-state index contributed by atoms with van der Waals surface area (Å²) in [4.78, 5) is 40.0. The second-order valence-electron chi connectivity index (χ2n) is 9.47. The average molecular weight is 579 g/mol. The molecule has 3 heterocycles. The molecule has 1 fully saturated rings. The molecule has 1 aliphatic rings. The summed E-state index contributed by atoms with van der Waals surface area (Å²) in [6, 6.07) is 7.77. The maximum absolute atomic E-state index is 13.0. The van der Waals surface area contributed by atoms with Gasteiger partial charge in [-0.1, -0.05) is 18.1 Å². The van der Waals surface area contributed by atoms with Crippen LogP contribution < -0.4 is 5.32 Å². The fourth-order valence-electron chi connectivity index (χ4n) is 4.90. The van der Waals surface area contributed by atoms with E-state index >= 15 is 0 Å². The van der Waals surface area contributed by atoms with Crippen molar-refractivity contribution in [1.29, 1.82) is 0 Å². The lowest BCUT2D eigenvalue weighted by Gasteiger charge is -2.24. The highest BCUT2D eigenvalue weighted by Gasteiger charge is 2.35. The van der Waals surface area contributed by atoms with Crippen LogP contribution in [0.2, 0.25) is 0 Å². The highest BCUT2D eigenvalue weighted by molar-refractivity contribution is 6.04. The number of pyridine rings is 1. The highest BCUT2D eigenvalue weighted by atomic mass is 19.4. The Hall–Kier alpha value is -4.76. The van der Waals surface area contributed by atoms with Gasteiger partial charge < -0.3 is 15.0 Å². The van der Waals surface area contributed by atoms with Gasteiger partial charge in [0.1, 0.15) is 11.6 Å². The monoisotopic (exact) mass is 578 g/mol. The maximum atomic E-state index is 13.0. The summed E-state index contributed by atoms with van der Waals surface area (Å²) < 4.78 is 46.4. The molecular formula is C30H29F3N6O3. The van der Waals surface area contributed by atoms with E-state index in [0.29, 0.717) is 35.7 Å². The number of aliphatic imine (C=N–C) groups is 1. The van der Waals surface area contributed by atoms with E-state index in [1.165, 1.54) is 0 Å². The van der Waals surface area contributed by atoms with Gasteiger partial charge in [0.25, 0.3) is 11.8 Å². The SMILES string of the molecule is C=N/C=C(/COC)n1c([C@@H]2CCCN2C(=O)C#CC)nc(-c2ccc(C(=O)Nc3cc(C(F)(F)F)ccn3)cc2)c1C. The zero-order valence-electron chi connectivity index (χ0n) is 23.3. The lowest BCUT2D eigenvalue weighted by molar-refractivity contribution is -0.137. The van der Waals surface area contributed by atoms with E-state index in [0.717, 1.165) is 30.4 Å². The number of rotatable bonds is 8. The number of nitrogens with one attached hydrogen (secondary N) is 1. The number of halogens is 3. The number of hydrogen-bond acceptors (Lipinski definition) is 6. The predicted molar refractivity (Wildman–Crippen MR) is 152 cm³/mol. The van der Waals surface area contributed by atoms with Crippen LogP contribution in [0.5, 0.6) is 0 Å². The molecule has 218 valence electrons. The summed E-state index contributed by atoms with van der Waals surface area (Å²) in [5, 5.41) is 2.40. The number of hydrogen-bond donors (Lipinski definition) is 1. The molecule has 3 aromatic rings. The number of likely N-dealkylation sites (tertiary alicyclic amines) is 1. The predicted octanol–water partition coefficient (Wildman–Crippen LogP) is 5.36. The molecule has 12 heteroatoms. The lowest BCUT2D eigenvalue weighted by atomic mass is 10.1. The molecule has 1 N–H and O–H groups in total. The molecule has 0 spiro atoms. The number of imidazole rings is 1. The maximum Gasteiger partial charge on any atom is 0.416 e. The number of nitrogens with zero attached hydrogens (tertiary/aromatic N) is 5. The van der Waals surface area contributed by atoms with E-state index in [1.54, 1.807) is 49.4 Å². The van der Waals surface area contributed by atoms with Crippen LogP contribution in [0.25, 0.3) is 17.0 Å². The minimum atomic E-state index is -4.56. The van der Waals surface area contributed by atoms with Crippen LogP contribution in [0.1, 0.15) is 53.2 Å². The smallest absolute Gasteiger partial charge is 0.378 e. The molecule has 0 bridgehead atoms. The number of benzene rings is 1. The fourth-order valence-corrected chi connectivity index (χ4v) is 4.90. The van der Waals surface area contributed by atoms with Gasteiger partial charge in [0.2, 0.25) is 0 Å². The molecule has 0 saturated carbocycles. The number of ether oxygens (including phenoxy) is 1. The van der Waals surface area contributed by atoms with E-state index in [9.17, 15) is 22.8 Å². The van der Waals surface area contributed by atoms with Gasteiger partial charge >= 0.3 is 6.18 Å². The molecule has 0 aliphatic carbocycles. The van der Waals surface area contributed by atoms with Gasteiger partial charge in [-0.15, -0.1) is 0 Å². The zero-order valence-corrected chi connectivity index (χ0v) is 23.3. The minimum Gasteiger partial charge on any atom is -0.378 e. The third kappa shape index (κ3) is 6.42. The van der Waals surface area contributed by atoms with Crippen LogP contribution in [0.3, 0.4) is 0 Å². The third-order valence-electron chi connectivity index (χ3n) is 6.75. The first-order chi connectivity index (χ1) is 20.1. The third-order valence-corrected chi connectivity index (χ3v) is 6.75. The highest BCUT2D eigenvalue weighted by Crippen LogP contribution is 2.37. The Kier molecular flexibility index (Phi) is 9.22. The number of carbonyl (C=O) groups is 2. The van der Waals surface area contributed by atoms with Crippen LogP contribution in [0.15, 0.2) is 53.8 Å². The topological polar surface area (TPSA) is 102 Å². The van der Waals surface area contributed by atoms with Crippen molar-refractivity contribution in [1.82, 2.24) is 19.4 Å². The lowest BCUT2D eigenvalue weighted by Crippen LogP contribution is -2.31. The van der Waals surface area contributed by atoms with Crippen molar-refractivity contribution in [3.8, 4) is 23.1 Å². The van der Waals surface area contributed by atoms with Crippen LogP contribution in [0, 0.1) is 18.8 Å². The van der Waals surface area contributed by atoms with Gasteiger partial charge in [0.15, 0.2) is 0 Å². The summed E-state index contributed by atoms with van der Waals surface area (Å²) in [6.45, 7) is 7.82. The molecule has 1 atom stereocenters. The number of anilines is 1. The van der Waals surface area contributed by atoms with Gasteiger partial charge in [-0.25, -0.2) is 9.97 Å². The molecule has 1 saturated heterocycles. The first-order valence-corrected chi connectivity index (χ1v) is 13.0. The van der Waals surface area contributed by atoms with E-state index < -0.39 is 17.6 Å². The van der Waals surface area contributed by atoms with E-state index in [-0.39, 0.29) is 29.9 Å². The summed E-state index contributed by atoms with van der Waals surface area (Å²) in [5.74, 6) is 4.80. The largest absolute Gasteiger partial charge is 0.416 e. The fraction of sp³-hybridized carbons (Fsp3) is 0.300. The molecule has 0 unspecified atom stereocenters. The number of alkyl halides is 3. The Morgan fingerprint density at radius 3 is 2.64 bits per heavy atom. The number of amides is 2. The number of carbonyl (C=O) groups excluding carboxylic acids is 2. The average Bonchev–Trinajstić information content (AvgIpc) is 3.57. The molecule has 42 heavy (non-hydrogen) atoms. The van der Waals surface area contributed by atoms with Gasteiger partial charge in [-0.05, 0) is 63.6 Å². The normalized spacial score (nSPS) is 15.2. The Bertz CT molecular complexity index is 1580. The van der Waals surface area contributed by atoms with Crippen molar-refractivity contribution in [2.24, 2.45) is 4.99 Å². The van der Waals surface area contributed by atoms with Crippen LogP contribution in [0.4, 0.5) is 19.0 Å². The summed E-state index contributed by atoms with van der Waals surface area (Å²) in [5.41, 5.74) is 2.03. The van der Waals surface area contributed by atoms with Crippen molar-refractivity contribution in [2.75, 3.05) is 25.6 Å². The first-order valence-electron chi connectivity index (χ1n) is 13.0. The van der Waals surface area contributed by atoms with Crippen LogP contribution in [-0.4, -0.2) is 58.2 Å². The number of aromatic nitrogens is 3. The summed E-state index contributed by atoms with van der Waals surface area (Å²) in [6.07, 6.45) is -0.515. The van der Waals surface area contributed by atoms with Crippen molar-refractivity contribution >= 4 is 30.0 Å². The molecule has 2 aromatic heterocycles. The van der Waals surface area contributed by atoms with E-state index in [2.05, 4.69) is 33.9 Å². The zero-order chi connectivity index (χ0) is 30.4. The van der Waals surface area contributed by atoms with Gasteiger partial charge in [-0.3, -0.25) is 19.1 Å². The van der Waals surface area contributed by atoms with Gasteiger partial charge in [-0.2, -0.15) is 13.2 Å². The first kappa shape index (κ1) is 30.2. The molecule has 9 nitrogen and oxygen atoms in total.